The van der Waals surface area contributed by atoms with Gasteiger partial charge >= 0.3 is 0 Å². The van der Waals surface area contributed by atoms with Crippen molar-refractivity contribution in [2.75, 3.05) is 6.61 Å². The molecule has 176 valence electrons. The third kappa shape index (κ3) is 4.71. The summed E-state index contributed by atoms with van der Waals surface area (Å²) in [6.07, 6.45) is 2.91. The van der Waals surface area contributed by atoms with Crippen molar-refractivity contribution in [3.8, 4) is 5.75 Å². The first-order valence-electron chi connectivity index (χ1n) is 11.0. The van der Waals surface area contributed by atoms with Gasteiger partial charge in [-0.15, -0.1) is 0 Å². The topological polar surface area (TPSA) is 109 Å². The minimum Gasteiger partial charge on any atom is -0.484 e. The Hall–Kier alpha value is -1.94. The fraction of sp³-hybridized carbons (Fsp3) is 0.636. The molecule has 0 aromatic heterocycles. The zero-order valence-corrected chi connectivity index (χ0v) is 18.7. The van der Waals surface area contributed by atoms with Gasteiger partial charge in [-0.2, -0.15) is 5.48 Å². The molecule has 8 nitrogen and oxygen atoms in total. The summed E-state index contributed by atoms with van der Waals surface area (Å²) in [5.74, 6) is -0.986. The summed E-state index contributed by atoms with van der Waals surface area (Å²) in [5.41, 5.74) is 1.64. The predicted molar refractivity (Wildman–Crippen MR) is 114 cm³/mol. The van der Waals surface area contributed by atoms with Crippen molar-refractivity contribution in [1.29, 1.82) is 0 Å². The van der Waals surface area contributed by atoms with E-state index in [2.05, 4.69) is 16.1 Å². The van der Waals surface area contributed by atoms with E-state index in [1.165, 1.54) is 12.1 Å². The maximum absolute atomic E-state index is 13.5. The first kappa shape index (κ1) is 23.2. The van der Waals surface area contributed by atoms with Gasteiger partial charge in [0.15, 0.2) is 12.7 Å². The largest absolute Gasteiger partial charge is 0.484 e. The van der Waals surface area contributed by atoms with E-state index in [1.54, 1.807) is 0 Å². The molecule has 3 unspecified atom stereocenters. The van der Waals surface area contributed by atoms with Gasteiger partial charge in [0.1, 0.15) is 11.6 Å². The number of carbonyl (C=O) groups is 2. The molecule has 1 aromatic carbocycles. The molecule has 2 amide bonds. The summed E-state index contributed by atoms with van der Waals surface area (Å²) in [6.45, 7) is 1.73. The number of rotatable bonds is 7. The highest BCUT2D eigenvalue weighted by molar-refractivity contribution is 6.30. The molecule has 3 saturated carbocycles. The van der Waals surface area contributed by atoms with Crippen LogP contribution < -0.4 is 20.9 Å². The van der Waals surface area contributed by atoms with Gasteiger partial charge in [0.05, 0.1) is 16.7 Å². The normalized spacial score (nSPS) is 33.7. The quantitative estimate of drug-likeness (QED) is 0.486. The molecule has 4 aliphatic rings. The maximum Gasteiger partial charge on any atom is 0.258 e. The number of benzene rings is 1. The Morgan fingerprint density at radius 2 is 2.06 bits per heavy atom. The number of hydrogen-bond acceptors (Lipinski definition) is 6. The van der Waals surface area contributed by atoms with Crippen molar-refractivity contribution in [3.05, 3.63) is 29.0 Å². The fourth-order valence-corrected chi connectivity index (χ4v) is 5.09. The summed E-state index contributed by atoms with van der Waals surface area (Å²) >= 11 is 5.65. The second kappa shape index (κ2) is 9.13. The first-order chi connectivity index (χ1) is 15.2. The SMILES string of the molecule is CCC1CC(C(=O)NC23CCC(NC(=O)COc4ccc(Cl)c(F)c4)(CC2)C(O)C3)ON1. The average Bonchev–Trinajstić information content (AvgIpc) is 3.25. The van der Waals surface area contributed by atoms with Crippen LogP contribution in [0.2, 0.25) is 5.02 Å². The van der Waals surface area contributed by atoms with Crippen LogP contribution in [0.1, 0.15) is 51.9 Å². The van der Waals surface area contributed by atoms with Gasteiger partial charge in [-0.3, -0.25) is 14.4 Å². The lowest BCUT2D eigenvalue weighted by Gasteiger charge is -2.56. The molecular formula is C22H29ClFN3O5. The second-order valence-electron chi connectivity index (χ2n) is 9.12. The van der Waals surface area contributed by atoms with Crippen LogP contribution in [0.15, 0.2) is 18.2 Å². The van der Waals surface area contributed by atoms with Gasteiger partial charge < -0.3 is 20.5 Å². The summed E-state index contributed by atoms with van der Waals surface area (Å²) < 4.78 is 18.9. The highest BCUT2D eigenvalue weighted by Gasteiger charge is 2.55. The number of ether oxygens (including phenoxy) is 1. The summed E-state index contributed by atoms with van der Waals surface area (Å²) in [4.78, 5) is 30.6. The minimum absolute atomic E-state index is 0.0234. The predicted octanol–water partition coefficient (Wildman–Crippen LogP) is 1.98. The van der Waals surface area contributed by atoms with Crippen molar-refractivity contribution in [1.82, 2.24) is 16.1 Å². The Morgan fingerprint density at radius 3 is 2.69 bits per heavy atom. The lowest BCUT2D eigenvalue weighted by Crippen LogP contribution is -2.70. The average molecular weight is 470 g/mol. The van der Waals surface area contributed by atoms with Gasteiger partial charge in [0, 0.05) is 24.1 Å². The molecule has 2 bridgehead atoms. The van der Waals surface area contributed by atoms with Crippen LogP contribution in [-0.2, 0) is 14.4 Å². The number of hydrogen-bond donors (Lipinski definition) is 4. The number of fused-ring (bicyclic) bond motifs is 3. The van der Waals surface area contributed by atoms with Crippen LogP contribution in [-0.4, -0.2) is 52.9 Å². The second-order valence-corrected chi connectivity index (χ2v) is 9.53. The fourth-order valence-electron chi connectivity index (χ4n) is 4.98. The van der Waals surface area contributed by atoms with E-state index in [0.29, 0.717) is 38.5 Å². The van der Waals surface area contributed by atoms with Crippen LogP contribution in [0.5, 0.6) is 5.75 Å². The van der Waals surface area contributed by atoms with Gasteiger partial charge in [-0.25, -0.2) is 4.39 Å². The van der Waals surface area contributed by atoms with E-state index in [0.717, 1.165) is 12.5 Å². The van der Waals surface area contributed by atoms with Crippen LogP contribution >= 0.6 is 11.6 Å². The van der Waals surface area contributed by atoms with Crippen molar-refractivity contribution in [2.24, 2.45) is 0 Å². The monoisotopic (exact) mass is 469 g/mol. The molecule has 1 saturated heterocycles. The van der Waals surface area contributed by atoms with Crippen LogP contribution in [0.4, 0.5) is 4.39 Å². The summed E-state index contributed by atoms with van der Waals surface area (Å²) in [5, 5.41) is 16.9. The molecule has 10 heteroatoms. The van der Waals surface area contributed by atoms with E-state index in [-0.39, 0.29) is 29.3 Å². The number of hydroxylamine groups is 1. The number of carbonyl (C=O) groups excluding carboxylic acids is 2. The zero-order valence-electron chi connectivity index (χ0n) is 18.0. The maximum atomic E-state index is 13.5. The molecule has 1 aliphatic heterocycles. The molecule has 0 spiro atoms. The van der Waals surface area contributed by atoms with Crippen molar-refractivity contribution in [2.45, 2.75) is 81.2 Å². The Balaban J connectivity index is 1.30. The third-order valence-corrected chi connectivity index (χ3v) is 7.33. The summed E-state index contributed by atoms with van der Waals surface area (Å²) in [7, 11) is 0. The standard InChI is InChI=1S/C22H29ClFN3O5/c1-2-13-9-17(32-27-13)20(30)26-21-5-7-22(8-6-21,18(28)11-21)25-19(29)12-31-14-3-4-15(23)16(24)10-14/h3-4,10,13,17-18,27-28H,2,5-9,11-12H2,1H3,(H,25,29)(H,26,30). The Kier molecular flexibility index (Phi) is 6.63. The lowest BCUT2D eigenvalue weighted by atomic mass is 9.60. The van der Waals surface area contributed by atoms with Crippen molar-refractivity contribution < 1.29 is 28.7 Å². The van der Waals surface area contributed by atoms with E-state index < -0.39 is 35.0 Å². The number of aliphatic hydroxyl groups is 1. The van der Waals surface area contributed by atoms with Gasteiger partial charge in [-0.1, -0.05) is 18.5 Å². The van der Waals surface area contributed by atoms with Crippen molar-refractivity contribution in [3.63, 3.8) is 0 Å². The molecule has 4 fully saturated rings. The number of amides is 2. The van der Waals surface area contributed by atoms with Crippen LogP contribution in [0.3, 0.4) is 0 Å². The molecular weight excluding hydrogens is 441 g/mol. The van der Waals surface area contributed by atoms with Gasteiger partial charge in [0.25, 0.3) is 11.8 Å². The smallest absolute Gasteiger partial charge is 0.258 e. The van der Waals surface area contributed by atoms with E-state index >= 15 is 0 Å². The van der Waals surface area contributed by atoms with Gasteiger partial charge in [-0.05, 0) is 50.7 Å². The molecule has 4 N–H and O–H groups in total. The van der Waals surface area contributed by atoms with E-state index in [9.17, 15) is 19.1 Å². The lowest BCUT2D eigenvalue weighted by molar-refractivity contribution is -0.142. The number of nitrogens with one attached hydrogen (secondary N) is 3. The highest BCUT2D eigenvalue weighted by atomic mass is 35.5. The Morgan fingerprint density at radius 1 is 1.31 bits per heavy atom. The minimum atomic E-state index is -0.798. The summed E-state index contributed by atoms with van der Waals surface area (Å²) in [6, 6.07) is 4.13. The van der Waals surface area contributed by atoms with Gasteiger partial charge in [0.2, 0.25) is 0 Å². The van der Waals surface area contributed by atoms with E-state index in [1.807, 2.05) is 6.92 Å². The van der Waals surface area contributed by atoms with Crippen LogP contribution in [0.25, 0.3) is 0 Å². The molecule has 32 heavy (non-hydrogen) atoms. The number of aliphatic hydroxyl groups excluding tert-OH is 1. The first-order valence-corrected chi connectivity index (χ1v) is 11.4. The highest BCUT2D eigenvalue weighted by Crippen LogP contribution is 2.47. The molecule has 3 atom stereocenters. The third-order valence-electron chi connectivity index (χ3n) is 7.02. The van der Waals surface area contributed by atoms with E-state index in [4.69, 9.17) is 21.2 Å². The number of halogens is 2. The molecule has 5 rings (SSSR count). The molecule has 1 aromatic rings. The molecule has 3 aliphatic carbocycles. The van der Waals surface area contributed by atoms with Crippen LogP contribution in [0, 0.1) is 5.82 Å². The molecule has 1 heterocycles. The molecule has 0 radical (unpaired) electrons. The Bertz CT molecular complexity index is 877. The Labute approximate surface area is 191 Å². The van der Waals surface area contributed by atoms with Crippen molar-refractivity contribution >= 4 is 23.4 Å². The zero-order chi connectivity index (χ0) is 22.9.